The number of hydrogen-bond donors (Lipinski definition) is 1. The minimum Gasteiger partial charge on any atom is -0.268 e. The third-order valence-electron chi connectivity index (χ3n) is 8.21. The van der Waals surface area contributed by atoms with Crippen molar-refractivity contribution in [3.05, 3.63) is 145 Å². The molecule has 1 aromatic heterocycles. The van der Waals surface area contributed by atoms with Crippen LogP contribution in [0, 0.1) is 0 Å². The van der Waals surface area contributed by atoms with Crippen LogP contribution in [-0.4, -0.2) is 5.01 Å². The molecule has 3 heteroatoms. The lowest BCUT2D eigenvalue weighted by atomic mass is 9.94. The zero-order chi connectivity index (χ0) is 27.3. The molecule has 2 N–H and O–H groups in total. The van der Waals surface area contributed by atoms with E-state index in [1.165, 1.54) is 74.7 Å². The Bertz CT molecular complexity index is 2230. The maximum Gasteiger partial charge on any atom is 0.0383 e. The van der Waals surface area contributed by atoms with Crippen LogP contribution in [0.15, 0.2) is 133 Å². The van der Waals surface area contributed by atoms with Crippen molar-refractivity contribution >= 4 is 63.8 Å². The second-order valence-electron chi connectivity index (χ2n) is 10.9. The molecule has 0 atom stereocenters. The van der Waals surface area contributed by atoms with Gasteiger partial charge in [-0.1, -0.05) is 109 Å². The van der Waals surface area contributed by atoms with Crippen molar-refractivity contribution in [2.45, 2.75) is 13.1 Å². The molecule has 0 radical (unpaired) electrons. The topological polar surface area (TPSA) is 29.3 Å². The summed E-state index contributed by atoms with van der Waals surface area (Å²) in [4.78, 5) is 0. The smallest absolute Gasteiger partial charge is 0.0383 e. The Kier molecular flexibility index (Phi) is 5.82. The minimum atomic E-state index is 0.696. The van der Waals surface area contributed by atoms with Gasteiger partial charge >= 0.3 is 0 Å². The zero-order valence-electron chi connectivity index (χ0n) is 22.5. The van der Waals surface area contributed by atoms with Gasteiger partial charge in [-0.15, -0.1) is 11.3 Å². The normalized spacial score (nSPS) is 12.0. The predicted molar refractivity (Wildman–Crippen MR) is 177 cm³/mol. The van der Waals surface area contributed by atoms with Gasteiger partial charge in [0.2, 0.25) is 0 Å². The summed E-state index contributed by atoms with van der Waals surface area (Å²) in [5.41, 5.74) is 4.87. The largest absolute Gasteiger partial charge is 0.268 e. The molecule has 0 saturated carbocycles. The van der Waals surface area contributed by atoms with Gasteiger partial charge in [-0.2, -0.15) is 0 Å². The highest BCUT2D eigenvalue weighted by atomic mass is 32.1. The Balaban J connectivity index is 1.08. The first kappa shape index (κ1) is 24.3. The monoisotopic (exact) mass is 544 g/mol. The van der Waals surface area contributed by atoms with Crippen LogP contribution in [0.25, 0.3) is 63.6 Å². The van der Waals surface area contributed by atoms with Crippen LogP contribution < -0.4 is 5.84 Å². The lowest BCUT2D eigenvalue weighted by Crippen LogP contribution is -2.29. The molecule has 8 aromatic rings. The second kappa shape index (κ2) is 9.83. The molecule has 0 aliphatic heterocycles. The van der Waals surface area contributed by atoms with E-state index in [-0.39, 0.29) is 0 Å². The maximum atomic E-state index is 6.44. The fourth-order valence-electron chi connectivity index (χ4n) is 6.21. The summed E-state index contributed by atoms with van der Waals surface area (Å²) in [6.45, 7) is 1.40. The molecular weight excluding hydrogens is 516 g/mol. The Labute approximate surface area is 242 Å². The SMILES string of the molecule is NN(Cc1ccc(-c2ccc3c(ccc4ccc5sc6ccccc6c5c43)c2)cc1)Cc1ccc2ccccc2c1. The number of nitrogens with two attached hydrogens (primary N) is 1. The fourth-order valence-corrected chi connectivity index (χ4v) is 7.33. The molecule has 2 nitrogen and oxygen atoms in total. The van der Waals surface area contributed by atoms with E-state index in [1.54, 1.807) is 0 Å². The van der Waals surface area contributed by atoms with Gasteiger partial charge in [-0.3, -0.25) is 5.84 Å². The van der Waals surface area contributed by atoms with Crippen molar-refractivity contribution < 1.29 is 0 Å². The summed E-state index contributed by atoms with van der Waals surface area (Å²) in [5, 5.41) is 12.3. The average Bonchev–Trinajstić information content (AvgIpc) is 3.40. The molecule has 7 aromatic carbocycles. The third-order valence-corrected chi connectivity index (χ3v) is 9.35. The van der Waals surface area contributed by atoms with Crippen LogP contribution in [0.1, 0.15) is 11.1 Å². The van der Waals surface area contributed by atoms with E-state index < -0.39 is 0 Å². The van der Waals surface area contributed by atoms with Gasteiger partial charge in [0, 0.05) is 33.3 Å². The quantitative estimate of drug-likeness (QED) is 0.133. The Morgan fingerprint density at radius 3 is 2.05 bits per heavy atom. The third kappa shape index (κ3) is 4.36. The van der Waals surface area contributed by atoms with Gasteiger partial charge < -0.3 is 0 Å². The molecule has 0 aliphatic carbocycles. The van der Waals surface area contributed by atoms with E-state index in [4.69, 9.17) is 5.84 Å². The Morgan fingerprint density at radius 2 is 1.15 bits per heavy atom. The summed E-state index contributed by atoms with van der Waals surface area (Å²) < 4.78 is 2.69. The van der Waals surface area contributed by atoms with Gasteiger partial charge in [0.05, 0.1) is 0 Å². The summed E-state index contributed by atoms with van der Waals surface area (Å²) >= 11 is 1.88. The van der Waals surface area contributed by atoms with Crippen LogP contribution >= 0.6 is 11.3 Å². The van der Waals surface area contributed by atoms with Crippen LogP contribution in [0.2, 0.25) is 0 Å². The van der Waals surface area contributed by atoms with Gasteiger partial charge in [0.1, 0.15) is 0 Å². The van der Waals surface area contributed by atoms with Crippen LogP contribution in [-0.2, 0) is 13.1 Å². The molecule has 0 spiro atoms. The molecule has 0 aliphatic rings. The fraction of sp³-hybridized carbons (Fsp3) is 0.0526. The number of hydrogen-bond acceptors (Lipinski definition) is 3. The number of rotatable bonds is 5. The maximum absolute atomic E-state index is 6.44. The molecule has 1 heterocycles. The summed E-state index contributed by atoms with van der Waals surface area (Å²) in [5.74, 6) is 6.44. The van der Waals surface area contributed by atoms with E-state index in [1.807, 2.05) is 16.3 Å². The van der Waals surface area contributed by atoms with Gasteiger partial charge in [-0.25, -0.2) is 5.01 Å². The highest BCUT2D eigenvalue weighted by Crippen LogP contribution is 2.41. The minimum absolute atomic E-state index is 0.696. The number of fused-ring (bicyclic) bond motifs is 8. The van der Waals surface area contributed by atoms with E-state index in [0.717, 1.165) is 0 Å². The summed E-state index contributed by atoms with van der Waals surface area (Å²) in [6, 6.07) is 48.5. The van der Waals surface area contributed by atoms with Crippen LogP contribution in [0.4, 0.5) is 0 Å². The summed E-state index contributed by atoms with van der Waals surface area (Å²) in [7, 11) is 0. The molecule has 8 rings (SSSR count). The van der Waals surface area contributed by atoms with Crippen molar-refractivity contribution in [3.63, 3.8) is 0 Å². The van der Waals surface area contributed by atoms with Crippen LogP contribution in [0.5, 0.6) is 0 Å². The Morgan fingerprint density at radius 1 is 0.463 bits per heavy atom. The van der Waals surface area contributed by atoms with Crippen molar-refractivity contribution in [2.24, 2.45) is 5.84 Å². The standard InChI is InChI=1S/C38H28N2S/c39-40(24-26-11-14-27-5-1-2-6-30(27)21-26)23-25-9-12-28(13-10-25)31-17-19-33-32(22-31)16-15-29-18-20-36-38(37(29)33)34-7-3-4-8-35(34)41-36/h1-22H,23-24,39H2. The number of hydrazine groups is 1. The first-order valence-electron chi connectivity index (χ1n) is 14.0. The molecule has 0 fully saturated rings. The predicted octanol–water partition coefficient (Wildman–Crippen LogP) is 10.1. The number of nitrogens with zero attached hydrogens (tertiary/aromatic N) is 1. The molecular formula is C38H28N2S. The number of benzene rings is 7. The van der Waals surface area contributed by atoms with Crippen molar-refractivity contribution in [2.75, 3.05) is 0 Å². The average molecular weight is 545 g/mol. The lowest BCUT2D eigenvalue weighted by Gasteiger charge is -2.17. The molecule has 0 bridgehead atoms. The Hall–Kier alpha value is -4.54. The lowest BCUT2D eigenvalue weighted by molar-refractivity contribution is 0.266. The molecule has 0 amide bonds. The van der Waals surface area contributed by atoms with Crippen LogP contribution in [0.3, 0.4) is 0 Å². The number of thiophene rings is 1. The first-order valence-corrected chi connectivity index (χ1v) is 14.8. The van der Waals surface area contributed by atoms with Crippen molar-refractivity contribution in [1.82, 2.24) is 5.01 Å². The van der Waals surface area contributed by atoms with Gasteiger partial charge in [0.25, 0.3) is 0 Å². The molecule has 196 valence electrons. The highest BCUT2D eigenvalue weighted by molar-refractivity contribution is 7.26. The second-order valence-corrected chi connectivity index (χ2v) is 12.0. The summed E-state index contributed by atoms with van der Waals surface area (Å²) in [6.07, 6.45) is 0. The zero-order valence-corrected chi connectivity index (χ0v) is 23.4. The first-order chi connectivity index (χ1) is 20.2. The van der Waals surface area contributed by atoms with Crippen molar-refractivity contribution in [3.8, 4) is 11.1 Å². The van der Waals surface area contributed by atoms with E-state index in [9.17, 15) is 0 Å². The molecule has 0 saturated heterocycles. The van der Waals surface area contributed by atoms with Crippen molar-refractivity contribution in [1.29, 1.82) is 0 Å². The van der Waals surface area contributed by atoms with Gasteiger partial charge in [-0.05, 0) is 78.8 Å². The van der Waals surface area contributed by atoms with Gasteiger partial charge in [0.15, 0.2) is 0 Å². The van der Waals surface area contributed by atoms with E-state index in [2.05, 4.69) is 133 Å². The molecule has 41 heavy (non-hydrogen) atoms. The van der Waals surface area contributed by atoms with E-state index in [0.29, 0.717) is 13.1 Å². The molecule has 0 unspecified atom stereocenters. The highest BCUT2D eigenvalue weighted by Gasteiger charge is 2.12. The van der Waals surface area contributed by atoms with E-state index >= 15 is 0 Å².